The van der Waals surface area contributed by atoms with Gasteiger partial charge in [-0.3, -0.25) is 0 Å². The van der Waals surface area contributed by atoms with Gasteiger partial charge in [-0.25, -0.2) is 0 Å². The molecular formula is C9H16N4. The largest absolute Gasteiger partial charge is 0.319 e. The van der Waals surface area contributed by atoms with Crippen molar-refractivity contribution in [2.75, 3.05) is 6.54 Å². The molecule has 4 nitrogen and oxygen atoms in total. The molecule has 4 heteroatoms. The van der Waals surface area contributed by atoms with Crippen molar-refractivity contribution in [3.63, 3.8) is 0 Å². The Morgan fingerprint density at radius 3 is 3.00 bits per heavy atom. The molecule has 72 valence electrons. The van der Waals surface area contributed by atoms with Crippen molar-refractivity contribution in [3.05, 3.63) is 12.2 Å². The lowest BCUT2D eigenvalue weighted by atomic mass is 10.3. The number of hydrogen-bond donors (Lipinski definition) is 1. The van der Waals surface area contributed by atoms with Gasteiger partial charge in [0.2, 0.25) is 0 Å². The zero-order chi connectivity index (χ0) is 9.26. The molecule has 13 heavy (non-hydrogen) atoms. The third-order valence-electron chi connectivity index (χ3n) is 2.54. The molecule has 1 unspecified atom stereocenters. The highest BCUT2D eigenvalue weighted by molar-refractivity contribution is 4.92. The van der Waals surface area contributed by atoms with E-state index in [0.29, 0.717) is 6.04 Å². The maximum Gasteiger partial charge on any atom is 0.149 e. The summed E-state index contributed by atoms with van der Waals surface area (Å²) in [5, 5.41) is 11.4. The summed E-state index contributed by atoms with van der Waals surface area (Å²) in [6.07, 6.45) is 4.52. The van der Waals surface area contributed by atoms with Crippen LogP contribution >= 0.6 is 0 Å². The van der Waals surface area contributed by atoms with Crippen LogP contribution in [0.3, 0.4) is 0 Å². The van der Waals surface area contributed by atoms with E-state index in [4.69, 9.17) is 0 Å². The Morgan fingerprint density at radius 2 is 2.46 bits per heavy atom. The highest BCUT2D eigenvalue weighted by atomic mass is 15.3. The first-order valence-electron chi connectivity index (χ1n) is 4.84. The second kappa shape index (κ2) is 3.46. The standard InChI is InChI=1S/C9H16N4/c1-7(10-5-8-3-4-8)9-12-11-6-13(9)2/h6-8,10H,3-5H2,1-2H3. The van der Waals surface area contributed by atoms with Gasteiger partial charge in [-0.05, 0) is 32.2 Å². The third-order valence-corrected chi connectivity index (χ3v) is 2.54. The van der Waals surface area contributed by atoms with E-state index in [-0.39, 0.29) is 0 Å². The Labute approximate surface area is 78.4 Å². The predicted octanol–water partition coefficient (Wildman–Crippen LogP) is 0.876. The second-order valence-electron chi connectivity index (χ2n) is 3.87. The number of aryl methyl sites for hydroxylation is 1. The molecule has 0 aromatic carbocycles. The maximum atomic E-state index is 4.06. The molecule has 1 N–H and O–H groups in total. The molecule has 1 fully saturated rings. The molecule has 0 aliphatic heterocycles. The zero-order valence-electron chi connectivity index (χ0n) is 8.20. The summed E-state index contributed by atoms with van der Waals surface area (Å²) >= 11 is 0. The molecule has 0 amide bonds. The molecular weight excluding hydrogens is 164 g/mol. The Bertz CT molecular complexity index is 277. The summed E-state index contributed by atoms with van der Waals surface area (Å²) in [6.45, 7) is 3.25. The molecule has 0 spiro atoms. The normalized spacial score (nSPS) is 18.9. The number of hydrogen-bond acceptors (Lipinski definition) is 3. The van der Waals surface area contributed by atoms with Gasteiger partial charge in [0.25, 0.3) is 0 Å². The van der Waals surface area contributed by atoms with Crippen LogP contribution < -0.4 is 5.32 Å². The van der Waals surface area contributed by atoms with Crippen LogP contribution in [0.5, 0.6) is 0 Å². The molecule has 1 atom stereocenters. The summed E-state index contributed by atoms with van der Waals surface area (Å²) in [6, 6.07) is 0.313. The lowest BCUT2D eigenvalue weighted by Crippen LogP contribution is -2.23. The Morgan fingerprint density at radius 1 is 1.69 bits per heavy atom. The van der Waals surface area contributed by atoms with Crippen molar-refractivity contribution >= 4 is 0 Å². The molecule has 1 saturated carbocycles. The van der Waals surface area contributed by atoms with Gasteiger partial charge in [-0.1, -0.05) is 0 Å². The van der Waals surface area contributed by atoms with Crippen LogP contribution in [0.2, 0.25) is 0 Å². The summed E-state index contributed by atoms with van der Waals surface area (Å²) in [7, 11) is 1.98. The van der Waals surface area contributed by atoms with Crippen molar-refractivity contribution < 1.29 is 0 Å². The fraction of sp³-hybridized carbons (Fsp3) is 0.778. The van der Waals surface area contributed by atoms with Crippen LogP contribution in [0.1, 0.15) is 31.6 Å². The van der Waals surface area contributed by atoms with Crippen molar-refractivity contribution in [3.8, 4) is 0 Å². The maximum absolute atomic E-state index is 4.06. The Balaban J connectivity index is 1.88. The summed E-state index contributed by atoms with van der Waals surface area (Å²) in [5.41, 5.74) is 0. The quantitative estimate of drug-likeness (QED) is 0.747. The lowest BCUT2D eigenvalue weighted by molar-refractivity contribution is 0.511. The number of nitrogens with one attached hydrogen (secondary N) is 1. The molecule has 1 heterocycles. The van der Waals surface area contributed by atoms with Crippen molar-refractivity contribution in [2.45, 2.75) is 25.8 Å². The third kappa shape index (κ3) is 2.06. The van der Waals surface area contributed by atoms with Gasteiger partial charge in [0.15, 0.2) is 0 Å². The van der Waals surface area contributed by atoms with Gasteiger partial charge in [0, 0.05) is 7.05 Å². The minimum Gasteiger partial charge on any atom is -0.319 e. The van der Waals surface area contributed by atoms with E-state index in [1.165, 1.54) is 12.8 Å². The predicted molar refractivity (Wildman–Crippen MR) is 50.1 cm³/mol. The van der Waals surface area contributed by atoms with Crippen LogP contribution in [-0.2, 0) is 7.05 Å². The highest BCUT2D eigenvalue weighted by Gasteiger charge is 2.22. The first-order valence-corrected chi connectivity index (χ1v) is 4.84. The van der Waals surface area contributed by atoms with Crippen molar-refractivity contribution in [2.24, 2.45) is 13.0 Å². The smallest absolute Gasteiger partial charge is 0.149 e. The number of nitrogens with zero attached hydrogens (tertiary/aromatic N) is 3. The monoisotopic (exact) mass is 180 g/mol. The molecule has 0 bridgehead atoms. The van der Waals surface area contributed by atoms with E-state index in [1.807, 2.05) is 11.6 Å². The van der Waals surface area contributed by atoms with Crippen LogP contribution in [0.25, 0.3) is 0 Å². The van der Waals surface area contributed by atoms with E-state index >= 15 is 0 Å². The molecule has 1 aromatic heterocycles. The fourth-order valence-electron chi connectivity index (χ4n) is 1.44. The number of rotatable bonds is 4. The summed E-state index contributed by atoms with van der Waals surface area (Å²) < 4.78 is 1.96. The van der Waals surface area contributed by atoms with E-state index in [9.17, 15) is 0 Å². The highest BCUT2D eigenvalue weighted by Crippen LogP contribution is 2.28. The van der Waals surface area contributed by atoms with Crippen LogP contribution in [0.15, 0.2) is 6.33 Å². The van der Waals surface area contributed by atoms with Gasteiger partial charge < -0.3 is 9.88 Å². The average molecular weight is 180 g/mol. The molecule has 2 rings (SSSR count). The number of aromatic nitrogens is 3. The molecule has 1 aromatic rings. The van der Waals surface area contributed by atoms with Gasteiger partial charge in [0.05, 0.1) is 6.04 Å². The first-order chi connectivity index (χ1) is 6.27. The van der Waals surface area contributed by atoms with Gasteiger partial charge in [-0.2, -0.15) is 0 Å². The van der Waals surface area contributed by atoms with E-state index in [1.54, 1.807) is 6.33 Å². The van der Waals surface area contributed by atoms with Crippen LogP contribution in [-0.4, -0.2) is 21.3 Å². The second-order valence-corrected chi connectivity index (χ2v) is 3.87. The summed E-state index contributed by atoms with van der Waals surface area (Å²) in [4.78, 5) is 0. The SMILES string of the molecule is CC(NCC1CC1)c1nncn1C. The Hall–Kier alpha value is -0.900. The topological polar surface area (TPSA) is 42.7 Å². The van der Waals surface area contributed by atoms with E-state index in [2.05, 4.69) is 22.4 Å². The lowest BCUT2D eigenvalue weighted by Gasteiger charge is -2.11. The average Bonchev–Trinajstić information content (AvgIpc) is 2.84. The van der Waals surface area contributed by atoms with E-state index < -0.39 is 0 Å². The molecule has 0 saturated heterocycles. The summed E-state index contributed by atoms with van der Waals surface area (Å²) in [5.74, 6) is 1.93. The molecule has 1 aliphatic carbocycles. The zero-order valence-corrected chi connectivity index (χ0v) is 8.20. The van der Waals surface area contributed by atoms with Crippen molar-refractivity contribution in [1.29, 1.82) is 0 Å². The molecule has 1 aliphatic rings. The van der Waals surface area contributed by atoms with Gasteiger partial charge >= 0.3 is 0 Å². The van der Waals surface area contributed by atoms with Crippen LogP contribution in [0, 0.1) is 5.92 Å². The van der Waals surface area contributed by atoms with Crippen molar-refractivity contribution in [1.82, 2.24) is 20.1 Å². The van der Waals surface area contributed by atoms with E-state index in [0.717, 1.165) is 18.3 Å². The molecule has 0 radical (unpaired) electrons. The Kier molecular flexibility index (Phi) is 2.31. The van der Waals surface area contributed by atoms with Gasteiger partial charge in [0.1, 0.15) is 12.2 Å². The van der Waals surface area contributed by atoms with Crippen LogP contribution in [0.4, 0.5) is 0 Å². The first kappa shape index (κ1) is 8.69. The van der Waals surface area contributed by atoms with Gasteiger partial charge in [-0.15, -0.1) is 10.2 Å². The minimum absolute atomic E-state index is 0.313. The minimum atomic E-state index is 0.313. The fourth-order valence-corrected chi connectivity index (χ4v) is 1.44.